The summed E-state index contributed by atoms with van der Waals surface area (Å²) in [4.78, 5) is 16.5. The molecule has 0 unspecified atom stereocenters. The van der Waals surface area contributed by atoms with Crippen LogP contribution in [0.4, 0.5) is 0 Å². The fourth-order valence-corrected chi connectivity index (χ4v) is 2.56. The molecule has 1 aliphatic rings. The molecule has 1 fully saturated rings. The zero-order chi connectivity index (χ0) is 14.5. The van der Waals surface area contributed by atoms with Crippen molar-refractivity contribution in [3.05, 3.63) is 41.0 Å². The summed E-state index contributed by atoms with van der Waals surface area (Å²) in [5.41, 5.74) is 3.59. The van der Waals surface area contributed by atoms with Gasteiger partial charge in [0.15, 0.2) is 0 Å². The van der Waals surface area contributed by atoms with Crippen molar-refractivity contribution in [2.75, 3.05) is 32.7 Å². The largest absolute Gasteiger partial charge is 0.337 e. The standard InChI is InChI=1S/C17H24N2O/c1-4-18-9-11-19(12-10-18)17(20)8-7-16-6-5-14(2)13-15(16)3/h5-8,13H,4,9-12H2,1-3H3/b8-7+. The second-order valence-electron chi connectivity index (χ2n) is 5.45. The maximum atomic E-state index is 12.2. The molecule has 0 radical (unpaired) electrons. The topological polar surface area (TPSA) is 23.6 Å². The number of rotatable bonds is 3. The number of piperazine rings is 1. The molecule has 0 N–H and O–H groups in total. The van der Waals surface area contributed by atoms with Crippen LogP contribution in [0.3, 0.4) is 0 Å². The van der Waals surface area contributed by atoms with Crippen molar-refractivity contribution in [2.24, 2.45) is 0 Å². The van der Waals surface area contributed by atoms with E-state index in [4.69, 9.17) is 0 Å². The zero-order valence-electron chi connectivity index (χ0n) is 12.7. The predicted molar refractivity (Wildman–Crippen MR) is 83.6 cm³/mol. The van der Waals surface area contributed by atoms with Crippen molar-refractivity contribution in [3.63, 3.8) is 0 Å². The van der Waals surface area contributed by atoms with Crippen LogP contribution in [0.1, 0.15) is 23.6 Å². The molecule has 1 saturated heterocycles. The number of likely N-dealkylation sites (N-methyl/N-ethyl adjacent to an activating group) is 1. The summed E-state index contributed by atoms with van der Waals surface area (Å²) in [5.74, 6) is 0.126. The van der Waals surface area contributed by atoms with E-state index >= 15 is 0 Å². The van der Waals surface area contributed by atoms with E-state index in [-0.39, 0.29) is 5.91 Å². The normalized spacial score (nSPS) is 16.9. The van der Waals surface area contributed by atoms with E-state index in [2.05, 4.69) is 43.9 Å². The molecule has 1 amide bonds. The first kappa shape index (κ1) is 14.8. The molecule has 108 valence electrons. The van der Waals surface area contributed by atoms with Crippen LogP contribution in [0.2, 0.25) is 0 Å². The Morgan fingerprint density at radius 3 is 2.50 bits per heavy atom. The highest BCUT2D eigenvalue weighted by atomic mass is 16.2. The Morgan fingerprint density at radius 1 is 1.20 bits per heavy atom. The molecule has 0 aliphatic carbocycles. The molecule has 20 heavy (non-hydrogen) atoms. The number of benzene rings is 1. The molecule has 3 heteroatoms. The van der Waals surface area contributed by atoms with Crippen LogP contribution >= 0.6 is 0 Å². The number of carbonyl (C=O) groups excluding carboxylic acids is 1. The minimum atomic E-state index is 0.126. The van der Waals surface area contributed by atoms with Gasteiger partial charge in [-0.15, -0.1) is 0 Å². The smallest absolute Gasteiger partial charge is 0.246 e. The number of aryl methyl sites for hydroxylation is 2. The van der Waals surface area contributed by atoms with Crippen LogP contribution in [0.15, 0.2) is 24.3 Å². The van der Waals surface area contributed by atoms with Gasteiger partial charge in [0.2, 0.25) is 5.91 Å². The van der Waals surface area contributed by atoms with Crippen molar-refractivity contribution < 1.29 is 4.79 Å². The third-order valence-electron chi connectivity index (χ3n) is 3.96. The van der Waals surface area contributed by atoms with Crippen molar-refractivity contribution in [3.8, 4) is 0 Å². The second-order valence-corrected chi connectivity index (χ2v) is 5.45. The van der Waals surface area contributed by atoms with E-state index in [1.165, 1.54) is 11.1 Å². The third-order valence-corrected chi connectivity index (χ3v) is 3.96. The number of hydrogen-bond donors (Lipinski definition) is 0. The Kier molecular flexibility index (Phi) is 4.96. The summed E-state index contributed by atoms with van der Waals surface area (Å²) >= 11 is 0. The number of hydrogen-bond acceptors (Lipinski definition) is 2. The molecule has 0 bridgehead atoms. The van der Waals surface area contributed by atoms with Crippen molar-refractivity contribution >= 4 is 12.0 Å². The molecular formula is C17H24N2O. The van der Waals surface area contributed by atoms with E-state index < -0.39 is 0 Å². The van der Waals surface area contributed by atoms with Gasteiger partial charge in [0, 0.05) is 32.3 Å². The number of amides is 1. The first-order chi connectivity index (χ1) is 9.60. The Labute approximate surface area is 121 Å². The van der Waals surface area contributed by atoms with E-state index in [1.54, 1.807) is 6.08 Å². The van der Waals surface area contributed by atoms with Crippen molar-refractivity contribution in [2.45, 2.75) is 20.8 Å². The van der Waals surface area contributed by atoms with Gasteiger partial charge in [0.25, 0.3) is 0 Å². The molecule has 1 aromatic carbocycles. The number of nitrogens with zero attached hydrogens (tertiary/aromatic N) is 2. The van der Waals surface area contributed by atoms with E-state index in [1.807, 2.05) is 11.0 Å². The van der Waals surface area contributed by atoms with Crippen molar-refractivity contribution in [1.29, 1.82) is 0 Å². The molecule has 3 nitrogen and oxygen atoms in total. The molecule has 0 aromatic heterocycles. The molecule has 1 aromatic rings. The van der Waals surface area contributed by atoms with Gasteiger partial charge < -0.3 is 9.80 Å². The predicted octanol–water partition coefficient (Wildman–Crippen LogP) is 2.48. The fourth-order valence-electron chi connectivity index (χ4n) is 2.56. The lowest BCUT2D eigenvalue weighted by atomic mass is 10.1. The average Bonchev–Trinajstić information content (AvgIpc) is 2.46. The summed E-state index contributed by atoms with van der Waals surface area (Å²) in [6.07, 6.45) is 3.64. The van der Waals surface area contributed by atoms with Crippen LogP contribution in [-0.2, 0) is 4.79 Å². The highest BCUT2D eigenvalue weighted by molar-refractivity contribution is 5.92. The van der Waals surface area contributed by atoms with Crippen LogP contribution < -0.4 is 0 Å². The van der Waals surface area contributed by atoms with Crippen LogP contribution in [0, 0.1) is 13.8 Å². The molecule has 0 spiro atoms. The monoisotopic (exact) mass is 272 g/mol. The molecule has 1 aliphatic heterocycles. The summed E-state index contributed by atoms with van der Waals surface area (Å²) in [7, 11) is 0. The Morgan fingerprint density at radius 2 is 1.90 bits per heavy atom. The Bertz CT molecular complexity index is 500. The molecule has 0 saturated carbocycles. The highest BCUT2D eigenvalue weighted by Crippen LogP contribution is 2.12. The Hall–Kier alpha value is -1.61. The van der Waals surface area contributed by atoms with Gasteiger partial charge in [-0.05, 0) is 37.6 Å². The maximum absolute atomic E-state index is 12.2. The molecule has 2 rings (SSSR count). The van der Waals surface area contributed by atoms with Gasteiger partial charge >= 0.3 is 0 Å². The quantitative estimate of drug-likeness (QED) is 0.789. The van der Waals surface area contributed by atoms with Crippen LogP contribution in [0.25, 0.3) is 6.08 Å². The Balaban J connectivity index is 1.96. The highest BCUT2D eigenvalue weighted by Gasteiger charge is 2.18. The number of carbonyl (C=O) groups is 1. The molecule has 0 atom stereocenters. The zero-order valence-corrected chi connectivity index (χ0v) is 12.7. The van der Waals surface area contributed by atoms with Gasteiger partial charge in [0.05, 0.1) is 0 Å². The second kappa shape index (κ2) is 6.71. The first-order valence-corrected chi connectivity index (χ1v) is 7.36. The minimum Gasteiger partial charge on any atom is -0.337 e. The lowest BCUT2D eigenvalue weighted by molar-refractivity contribution is -0.127. The first-order valence-electron chi connectivity index (χ1n) is 7.36. The lowest BCUT2D eigenvalue weighted by Crippen LogP contribution is -2.48. The minimum absolute atomic E-state index is 0.126. The van der Waals surface area contributed by atoms with Gasteiger partial charge in [-0.25, -0.2) is 0 Å². The van der Waals surface area contributed by atoms with Gasteiger partial charge in [-0.3, -0.25) is 4.79 Å². The summed E-state index contributed by atoms with van der Waals surface area (Å²) in [5, 5.41) is 0. The van der Waals surface area contributed by atoms with Gasteiger partial charge in [0.1, 0.15) is 0 Å². The van der Waals surface area contributed by atoms with Crippen LogP contribution in [-0.4, -0.2) is 48.4 Å². The summed E-state index contributed by atoms with van der Waals surface area (Å²) in [6.45, 7) is 11.0. The average molecular weight is 272 g/mol. The molecular weight excluding hydrogens is 248 g/mol. The SMILES string of the molecule is CCN1CCN(C(=O)/C=C/c2ccc(C)cc2C)CC1. The van der Waals surface area contributed by atoms with E-state index in [0.717, 1.165) is 38.3 Å². The fraction of sp³-hybridized carbons (Fsp3) is 0.471. The summed E-state index contributed by atoms with van der Waals surface area (Å²) < 4.78 is 0. The maximum Gasteiger partial charge on any atom is 0.246 e. The van der Waals surface area contributed by atoms with E-state index in [9.17, 15) is 4.79 Å². The van der Waals surface area contributed by atoms with Crippen LogP contribution in [0.5, 0.6) is 0 Å². The van der Waals surface area contributed by atoms with Gasteiger partial charge in [-0.1, -0.05) is 30.7 Å². The molecule has 1 heterocycles. The van der Waals surface area contributed by atoms with Crippen molar-refractivity contribution in [1.82, 2.24) is 9.80 Å². The van der Waals surface area contributed by atoms with E-state index in [0.29, 0.717) is 0 Å². The lowest BCUT2D eigenvalue weighted by Gasteiger charge is -2.33. The summed E-state index contributed by atoms with van der Waals surface area (Å²) in [6, 6.07) is 6.30. The third kappa shape index (κ3) is 3.70. The van der Waals surface area contributed by atoms with Gasteiger partial charge in [-0.2, -0.15) is 0 Å².